The van der Waals surface area contributed by atoms with Crippen LogP contribution in [0.4, 0.5) is 0 Å². The van der Waals surface area contributed by atoms with Crippen molar-refractivity contribution in [3.63, 3.8) is 0 Å². The first kappa shape index (κ1) is 24.6. The second kappa shape index (κ2) is 11.2. The number of amides is 2. The number of benzene rings is 2. The molecule has 1 fully saturated rings. The average molecular weight is 475 g/mol. The van der Waals surface area contributed by atoms with Crippen LogP contribution in [0.1, 0.15) is 61.3 Å². The molecule has 1 atom stereocenters. The van der Waals surface area contributed by atoms with Gasteiger partial charge in [0.2, 0.25) is 11.8 Å². The highest BCUT2D eigenvalue weighted by atomic mass is 35.5. The summed E-state index contributed by atoms with van der Waals surface area (Å²) < 4.78 is 0. The van der Waals surface area contributed by atoms with E-state index in [-0.39, 0.29) is 30.8 Å². The molecular weight excluding hydrogens is 443 g/mol. The third-order valence-corrected chi connectivity index (χ3v) is 6.85. The third kappa shape index (κ3) is 6.49. The molecule has 0 heterocycles. The maximum atomic E-state index is 13.5. The Labute approximate surface area is 201 Å². The van der Waals surface area contributed by atoms with Gasteiger partial charge in [0.1, 0.15) is 6.04 Å². The predicted molar refractivity (Wildman–Crippen MR) is 131 cm³/mol. The van der Waals surface area contributed by atoms with Crippen molar-refractivity contribution < 1.29 is 9.59 Å². The number of rotatable bonds is 7. The van der Waals surface area contributed by atoms with E-state index in [1.54, 1.807) is 30.0 Å². The summed E-state index contributed by atoms with van der Waals surface area (Å²) in [4.78, 5) is 28.2. The SMILES string of the molecule is Cc1cc(C)cc(CC(=O)N(Cc2c(Cl)cccc2Cl)[C@@H](C)C(=O)NC2CCCCC2)c1. The van der Waals surface area contributed by atoms with Gasteiger partial charge in [0.25, 0.3) is 0 Å². The minimum Gasteiger partial charge on any atom is -0.352 e. The number of aryl methyl sites for hydroxylation is 2. The molecule has 0 aliphatic heterocycles. The van der Waals surface area contributed by atoms with Crippen LogP contribution in [0.15, 0.2) is 36.4 Å². The quantitative estimate of drug-likeness (QED) is 0.533. The van der Waals surface area contributed by atoms with Gasteiger partial charge in [-0.2, -0.15) is 0 Å². The predicted octanol–water partition coefficient (Wildman–Crippen LogP) is 6.02. The molecule has 2 aromatic carbocycles. The van der Waals surface area contributed by atoms with E-state index < -0.39 is 6.04 Å². The maximum absolute atomic E-state index is 13.5. The molecule has 32 heavy (non-hydrogen) atoms. The van der Waals surface area contributed by atoms with E-state index in [1.165, 1.54) is 6.42 Å². The molecule has 3 rings (SSSR count). The van der Waals surface area contributed by atoms with E-state index in [1.807, 2.05) is 26.0 Å². The van der Waals surface area contributed by atoms with Crippen molar-refractivity contribution in [2.45, 2.75) is 77.9 Å². The number of nitrogens with zero attached hydrogens (tertiary/aromatic N) is 1. The van der Waals surface area contributed by atoms with E-state index in [0.717, 1.165) is 42.4 Å². The fraction of sp³-hybridized carbons (Fsp3) is 0.462. The van der Waals surface area contributed by atoms with Gasteiger partial charge in [-0.05, 0) is 51.3 Å². The molecule has 4 nitrogen and oxygen atoms in total. The molecule has 0 aromatic heterocycles. The minimum atomic E-state index is -0.636. The van der Waals surface area contributed by atoms with Gasteiger partial charge in [-0.25, -0.2) is 0 Å². The van der Waals surface area contributed by atoms with Crippen molar-refractivity contribution in [1.82, 2.24) is 10.2 Å². The summed E-state index contributed by atoms with van der Waals surface area (Å²) in [6, 6.07) is 10.9. The van der Waals surface area contributed by atoms with Crippen molar-refractivity contribution in [2.24, 2.45) is 0 Å². The smallest absolute Gasteiger partial charge is 0.242 e. The lowest BCUT2D eigenvalue weighted by atomic mass is 9.95. The minimum absolute atomic E-state index is 0.128. The zero-order valence-electron chi connectivity index (χ0n) is 19.1. The Morgan fingerprint density at radius 1 is 1.03 bits per heavy atom. The molecule has 1 saturated carbocycles. The molecule has 1 aliphatic carbocycles. The number of hydrogen-bond acceptors (Lipinski definition) is 2. The fourth-order valence-corrected chi connectivity index (χ4v) is 4.97. The summed E-state index contributed by atoms with van der Waals surface area (Å²) in [5.41, 5.74) is 3.80. The highest BCUT2D eigenvalue weighted by Gasteiger charge is 2.29. The maximum Gasteiger partial charge on any atom is 0.242 e. The van der Waals surface area contributed by atoms with Gasteiger partial charge in [-0.1, -0.05) is 77.9 Å². The Morgan fingerprint density at radius 2 is 1.62 bits per heavy atom. The second-order valence-corrected chi connectivity index (χ2v) is 9.73. The van der Waals surface area contributed by atoms with Crippen LogP contribution >= 0.6 is 23.2 Å². The van der Waals surface area contributed by atoms with Crippen LogP contribution in [0.25, 0.3) is 0 Å². The van der Waals surface area contributed by atoms with E-state index in [9.17, 15) is 9.59 Å². The summed E-state index contributed by atoms with van der Waals surface area (Å²) in [5.74, 6) is -0.258. The number of nitrogens with one attached hydrogen (secondary N) is 1. The summed E-state index contributed by atoms with van der Waals surface area (Å²) in [5, 5.41) is 4.13. The van der Waals surface area contributed by atoms with E-state index in [4.69, 9.17) is 23.2 Å². The van der Waals surface area contributed by atoms with Gasteiger partial charge in [0.05, 0.1) is 6.42 Å². The lowest BCUT2D eigenvalue weighted by Crippen LogP contribution is -2.50. The molecule has 0 bridgehead atoms. The van der Waals surface area contributed by atoms with E-state index >= 15 is 0 Å². The lowest BCUT2D eigenvalue weighted by Gasteiger charge is -2.31. The first-order valence-electron chi connectivity index (χ1n) is 11.3. The van der Waals surface area contributed by atoms with Gasteiger partial charge in [-0.15, -0.1) is 0 Å². The van der Waals surface area contributed by atoms with Crippen LogP contribution in [0, 0.1) is 13.8 Å². The second-order valence-electron chi connectivity index (χ2n) is 8.91. The monoisotopic (exact) mass is 474 g/mol. The summed E-state index contributed by atoms with van der Waals surface area (Å²) in [7, 11) is 0. The molecule has 2 amide bonds. The molecular formula is C26H32Cl2N2O2. The van der Waals surface area contributed by atoms with Crippen LogP contribution in [0.5, 0.6) is 0 Å². The first-order chi connectivity index (χ1) is 15.2. The Balaban J connectivity index is 1.83. The lowest BCUT2D eigenvalue weighted by molar-refractivity contribution is -0.140. The third-order valence-electron chi connectivity index (χ3n) is 6.15. The van der Waals surface area contributed by atoms with Crippen LogP contribution in [-0.4, -0.2) is 28.8 Å². The topological polar surface area (TPSA) is 49.4 Å². The molecule has 172 valence electrons. The molecule has 0 radical (unpaired) electrons. The molecule has 0 unspecified atom stereocenters. The normalized spacial score (nSPS) is 15.3. The first-order valence-corrected chi connectivity index (χ1v) is 12.1. The van der Waals surface area contributed by atoms with Gasteiger partial charge in [0.15, 0.2) is 0 Å². The van der Waals surface area contributed by atoms with Gasteiger partial charge < -0.3 is 10.2 Å². The van der Waals surface area contributed by atoms with Gasteiger partial charge in [-0.3, -0.25) is 9.59 Å². The molecule has 0 spiro atoms. The molecule has 1 N–H and O–H groups in total. The molecule has 6 heteroatoms. The summed E-state index contributed by atoms with van der Waals surface area (Å²) in [6.07, 6.45) is 5.67. The molecule has 0 saturated heterocycles. The van der Waals surface area contributed by atoms with Crippen molar-refractivity contribution in [1.29, 1.82) is 0 Å². The summed E-state index contributed by atoms with van der Waals surface area (Å²) >= 11 is 12.8. The largest absolute Gasteiger partial charge is 0.352 e. The Morgan fingerprint density at radius 3 is 2.22 bits per heavy atom. The van der Waals surface area contributed by atoms with Crippen LogP contribution in [0.3, 0.4) is 0 Å². The Kier molecular flexibility index (Phi) is 8.61. The Hall–Kier alpha value is -2.04. The highest BCUT2D eigenvalue weighted by molar-refractivity contribution is 6.36. The molecule has 1 aliphatic rings. The number of halogens is 2. The highest BCUT2D eigenvalue weighted by Crippen LogP contribution is 2.27. The average Bonchev–Trinajstić information content (AvgIpc) is 2.73. The number of carbonyl (C=O) groups excluding carboxylic acids is 2. The van der Waals surface area contributed by atoms with Crippen LogP contribution in [-0.2, 0) is 22.6 Å². The van der Waals surface area contributed by atoms with Crippen molar-refractivity contribution >= 4 is 35.0 Å². The summed E-state index contributed by atoms with van der Waals surface area (Å²) in [6.45, 7) is 5.99. The zero-order valence-corrected chi connectivity index (χ0v) is 20.6. The van der Waals surface area contributed by atoms with Gasteiger partial charge >= 0.3 is 0 Å². The number of hydrogen-bond donors (Lipinski definition) is 1. The zero-order chi connectivity index (χ0) is 23.3. The van der Waals surface area contributed by atoms with Crippen LogP contribution in [0.2, 0.25) is 10.0 Å². The van der Waals surface area contributed by atoms with Crippen LogP contribution < -0.4 is 5.32 Å². The van der Waals surface area contributed by atoms with Crippen molar-refractivity contribution in [2.75, 3.05) is 0 Å². The Bertz CT molecular complexity index is 930. The van der Waals surface area contributed by atoms with Crippen molar-refractivity contribution in [3.8, 4) is 0 Å². The number of carbonyl (C=O) groups is 2. The van der Waals surface area contributed by atoms with Crippen molar-refractivity contribution in [3.05, 3.63) is 68.7 Å². The standard InChI is InChI=1S/C26H32Cl2N2O2/c1-17-12-18(2)14-20(13-17)15-25(31)30(16-22-23(27)10-7-11-24(22)28)19(3)26(32)29-21-8-5-4-6-9-21/h7,10-14,19,21H,4-6,8-9,15-16H2,1-3H3,(H,29,32)/t19-/m0/s1. The van der Waals surface area contributed by atoms with E-state index in [0.29, 0.717) is 15.6 Å². The van der Waals surface area contributed by atoms with Gasteiger partial charge in [0, 0.05) is 28.2 Å². The fourth-order valence-electron chi connectivity index (χ4n) is 4.45. The molecule has 2 aromatic rings. The van der Waals surface area contributed by atoms with E-state index in [2.05, 4.69) is 11.4 Å².